The number of carbonyl (C=O) groups is 1. The van der Waals surface area contributed by atoms with E-state index in [-0.39, 0.29) is 19.1 Å². The first-order chi connectivity index (χ1) is 24.5. The fraction of sp³-hybridized carbons (Fsp3) is 0.881. The van der Waals surface area contributed by atoms with Gasteiger partial charge >= 0.3 is 0 Å². The van der Waals surface area contributed by atoms with Crippen molar-refractivity contribution >= 4 is 13.7 Å². The number of quaternary nitrogens is 1. The molecule has 51 heavy (non-hydrogen) atoms. The molecule has 0 fully saturated rings. The van der Waals surface area contributed by atoms with Crippen LogP contribution in [0.25, 0.3) is 0 Å². The largest absolute Gasteiger partial charge is 0.756 e. The number of amides is 1. The molecule has 0 aliphatic rings. The van der Waals surface area contributed by atoms with E-state index in [2.05, 4.69) is 31.3 Å². The number of hydrogen-bond donors (Lipinski definition) is 2. The average molecular weight is 743 g/mol. The topological polar surface area (TPSA) is 108 Å². The number of unbranched alkanes of at least 4 members (excludes halogenated alkanes) is 23. The van der Waals surface area contributed by atoms with Crippen LogP contribution in [0.5, 0.6) is 0 Å². The van der Waals surface area contributed by atoms with Gasteiger partial charge in [-0.05, 0) is 32.1 Å². The second-order valence-corrected chi connectivity index (χ2v) is 17.1. The third kappa shape index (κ3) is 37.1. The van der Waals surface area contributed by atoms with Crippen LogP contribution >= 0.6 is 7.82 Å². The van der Waals surface area contributed by atoms with Gasteiger partial charge in [0.1, 0.15) is 13.2 Å². The zero-order valence-corrected chi connectivity index (χ0v) is 35.0. The minimum Gasteiger partial charge on any atom is -0.756 e. The lowest BCUT2D eigenvalue weighted by molar-refractivity contribution is -0.870. The molecule has 2 N–H and O–H groups in total. The zero-order chi connectivity index (χ0) is 37.9. The van der Waals surface area contributed by atoms with Crippen LogP contribution in [0, 0.1) is 0 Å². The summed E-state index contributed by atoms with van der Waals surface area (Å²) >= 11 is 0. The molecule has 0 saturated heterocycles. The van der Waals surface area contributed by atoms with E-state index < -0.39 is 20.0 Å². The number of phosphoric acid groups is 1. The van der Waals surface area contributed by atoms with Gasteiger partial charge < -0.3 is 28.8 Å². The smallest absolute Gasteiger partial charge is 0.268 e. The van der Waals surface area contributed by atoms with Gasteiger partial charge in [0.25, 0.3) is 7.82 Å². The van der Waals surface area contributed by atoms with Crippen molar-refractivity contribution in [2.75, 3.05) is 40.9 Å². The third-order valence-corrected chi connectivity index (χ3v) is 10.4. The highest BCUT2D eigenvalue weighted by Crippen LogP contribution is 2.38. The first kappa shape index (κ1) is 50.0. The van der Waals surface area contributed by atoms with Gasteiger partial charge in [-0.15, -0.1) is 0 Å². The number of hydrogen-bond acceptors (Lipinski definition) is 6. The first-order valence-corrected chi connectivity index (χ1v) is 22.7. The maximum atomic E-state index is 12.8. The first-order valence-electron chi connectivity index (χ1n) is 21.2. The predicted molar refractivity (Wildman–Crippen MR) is 215 cm³/mol. The number of aliphatic hydroxyl groups is 1. The van der Waals surface area contributed by atoms with Gasteiger partial charge in [0.2, 0.25) is 5.91 Å². The Bertz CT molecular complexity index is 891. The third-order valence-electron chi connectivity index (χ3n) is 9.41. The Labute approximate surface area is 315 Å². The quantitative estimate of drug-likeness (QED) is 0.0282. The van der Waals surface area contributed by atoms with E-state index in [1.54, 1.807) is 6.08 Å². The Morgan fingerprint density at radius 3 is 1.59 bits per heavy atom. The lowest BCUT2D eigenvalue weighted by Crippen LogP contribution is -2.45. The van der Waals surface area contributed by atoms with E-state index in [4.69, 9.17) is 9.05 Å². The number of rotatable bonds is 38. The summed E-state index contributed by atoms with van der Waals surface area (Å²) in [5.74, 6) is -0.208. The lowest BCUT2D eigenvalue weighted by atomic mass is 10.0. The molecule has 0 rings (SSSR count). The van der Waals surface area contributed by atoms with Crippen molar-refractivity contribution in [1.29, 1.82) is 0 Å². The van der Waals surface area contributed by atoms with Gasteiger partial charge in [-0.25, -0.2) is 0 Å². The van der Waals surface area contributed by atoms with E-state index in [1.165, 1.54) is 128 Å². The SMILES string of the molecule is CCCCCCCCCCCCC/C=C/CC/C=C/[C@@H](O)[C@H](COP(=O)([O-])OCC[N+](C)(C)C)NC(=O)CCCCCCCCCCCCCC. The van der Waals surface area contributed by atoms with Crippen molar-refractivity contribution in [2.24, 2.45) is 0 Å². The molecule has 0 aliphatic carbocycles. The Hall–Kier alpha value is -1.02. The summed E-state index contributed by atoms with van der Waals surface area (Å²) in [5.41, 5.74) is 0. The zero-order valence-electron chi connectivity index (χ0n) is 34.1. The molecular formula is C42H83N2O6P. The molecule has 3 atom stereocenters. The van der Waals surface area contributed by atoms with Crippen LogP contribution in [0.4, 0.5) is 0 Å². The summed E-state index contributed by atoms with van der Waals surface area (Å²) in [4.78, 5) is 25.2. The molecule has 0 saturated carbocycles. The number of aliphatic hydroxyl groups excluding tert-OH is 1. The van der Waals surface area contributed by atoms with Crippen LogP contribution in [0.1, 0.15) is 187 Å². The number of carbonyl (C=O) groups excluding carboxylic acids is 1. The monoisotopic (exact) mass is 743 g/mol. The van der Waals surface area contributed by atoms with Crippen molar-refractivity contribution < 1.29 is 32.9 Å². The molecule has 302 valence electrons. The van der Waals surface area contributed by atoms with Crippen molar-refractivity contribution in [3.05, 3.63) is 24.3 Å². The van der Waals surface area contributed by atoms with Crippen molar-refractivity contribution in [1.82, 2.24) is 5.32 Å². The minimum atomic E-state index is -4.59. The minimum absolute atomic E-state index is 0.00447. The van der Waals surface area contributed by atoms with E-state index in [1.807, 2.05) is 27.2 Å². The molecule has 1 amide bonds. The molecule has 9 heteroatoms. The molecule has 0 heterocycles. The summed E-state index contributed by atoms with van der Waals surface area (Å²) in [7, 11) is 1.25. The van der Waals surface area contributed by atoms with E-state index in [0.717, 1.165) is 38.5 Å². The maximum absolute atomic E-state index is 12.8. The summed E-state index contributed by atoms with van der Waals surface area (Å²) < 4.78 is 23.1. The number of allylic oxidation sites excluding steroid dienone is 3. The normalized spacial score (nSPS) is 14.7. The van der Waals surface area contributed by atoms with Crippen molar-refractivity contribution in [3.8, 4) is 0 Å². The van der Waals surface area contributed by atoms with Crippen molar-refractivity contribution in [2.45, 2.75) is 199 Å². The standard InChI is InChI=1S/C42H83N2O6P/c1-6-8-10-12-14-16-18-20-21-22-23-24-25-27-29-31-33-35-41(45)40(39-50-51(47,48)49-38-37-44(3,4)5)43-42(46)36-34-32-30-28-26-19-17-15-13-11-9-7-2/h25,27,33,35,40-41,45H,6-24,26,28-32,34,36-39H2,1-5H3,(H-,43,46,47,48)/b27-25+,35-33+/t40-,41+/m0/s1. The Balaban J connectivity index is 4.50. The van der Waals surface area contributed by atoms with Crippen LogP contribution in [-0.2, 0) is 18.4 Å². The second-order valence-electron chi connectivity index (χ2n) is 15.7. The van der Waals surface area contributed by atoms with Gasteiger partial charge in [0.05, 0.1) is 39.9 Å². The van der Waals surface area contributed by atoms with Crippen LogP contribution in [0.3, 0.4) is 0 Å². The molecule has 0 aromatic heterocycles. The molecule has 0 radical (unpaired) electrons. The predicted octanol–water partition coefficient (Wildman–Crippen LogP) is 10.7. The van der Waals surface area contributed by atoms with Crippen LogP contribution in [-0.4, -0.2) is 68.5 Å². The van der Waals surface area contributed by atoms with Crippen LogP contribution in [0.15, 0.2) is 24.3 Å². The molecule has 0 aromatic rings. The lowest BCUT2D eigenvalue weighted by Gasteiger charge is -2.29. The fourth-order valence-corrected chi connectivity index (χ4v) is 6.71. The van der Waals surface area contributed by atoms with Gasteiger partial charge in [0, 0.05) is 6.42 Å². The highest BCUT2D eigenvalue weighted by atomic mass is 31.2. The van der Waals surface area contributed by atoms with Crippen LogP contribution < -0.4 is 10.2 Å². The highest BCUT2D eigenvalue weighted by Gasteiger charge is 2.23. The maximum Gasteiger partial charge on any atom is 0.268 e. The summed E-state index contributed by atoms with van der Waals surface area (Å²) in [6.07, 6.45) is 39.3. The summed E-state index contributed by atoms with van der Waals surface area (Å²) in [6, 6.07) is -0.896. The molecular weight excluding hydrogens is 659 g/mol. The Kier molecular flexibility index (Phi) is 34.0. The number of nitrogens with one attached hydrogen (secondary N) is 1. The highest BCUT2D eigenvalue weighted by molar-refractivity contribution is 7.45. The van der Waals surface area contributed by atoms with E-state index in [0.29, 0.717) is 17.4 Å². The van der Waals surface area contributed by atoms with Crippen molar-refractivity contribution in [3.63, 3.8) is 0 Å². The molecule has 0 aromatic carbocycles. The number of nitrogens with zero attached hydrogens (tertiary/aromatic N) is 1. The van der Waals surface area contributed by atoms with E-state index in [9.17, 15) is 19.4 Å². The second kappa shape index (κ2) is 34.7. The fourth-order valence-electron chi connectivity index (χ4n) is 5.99. The molecule has 8 nitrogen and oxygen atoms in total. The van der Waals surface area contributed by atoms with E-state index >= 15 is 0 Å². The van der Waals surface area contributed by atoms with Gasteiger partial charge in [-0.3, -0.25) is 9.36 Å². The molecule has 1 unspecified atom stereocenters. The summed E-state index contributed by atoms with van der Waals surface area (Å²) in [5, 5.41) is 13.7. The Morgan fingerprint density at radius 1 is 0.667 bits per heavy atom. The Morgan fingerprint density at radius 2 is 1.10 bits per heavy atom. The molecule has 0 aliphatic heterocycles. The van der Waals surface area contributed by atoms with Gasteiger partial charge in [-0.1, -0.05) is 173 Å². The summed E-state index contributed by atoms with van der Waals surface area (Å²) in [6.45, 7) is 4.61. The molecule has 0 bridgehead atoms. The average Bonchev–Trinajstić information content (AvgIpc) is 3.07. The molecule has 0 spiro atoms. The number of phosphoric ester groups is 1. The van der Waals surface area contributed by atoms with Crippen LogP contribution in [0.2, 0.25) is 0 Å². The number of likely N-dealkylation sites (N-methyl/N-ethyl adjacent to an activating group) is 1. The van der Waals surface area contributed by atoms with Gasteiger partial charge in [-0.2, -0.15) is 0 Å². The van der Waals surface area contributed by atoms with Gasteiger partial charge in [0.15, 0.2) is 0 Å².